The van der Waals surface area contributed by atoms with Gasteiger partial charge < -0.3 is 23.0 Å². The number of esters is 1. The molecule has 0 N–H and O–H groups in total. The highest BCUT2D eigenvalue weighted by Gasteiger charge is 2.20. The van der Waals surface area contributed by atoms with E-state index in [0.29, 0.717) is 23.5 Å². The Morgan fingerprint density at radius 1 is 0.970 bits per heavy atom. The van der Waals surface area contributed by atoms with Crippen LogP contribution in [0.1, 0.15) is 25.8 Å². The first-order chi connectivity index (χ1) is 15.9. The molecule has 0 spiro atoms. The summed E-state index contributed by atoms with van der Waals surface area (Å²) in [6.45, 7) is 5.61. The standard InChI is InChI=1S/C25H22O8/c1-4-19(25(28)29-5-2)31-15-7-9-18-20(11-15)30-13-22(24(18)27)32-16-6-8-17-14(3)10-23(26)33-21(17)12-16/h6-13,19H,4-5H2,1-3H3. The van der Waals surface area contributed by atoms with Crippen LogP contribution in [0, 0.1) is 6.92 Å². The lowest BCUT2D eigenvalue weighted by Crippen LogP contribution is -2.28. The monoisotopic (exact) mass is 450 g/mol. The van der Waals surface area contributed by atoms with Crippen molar-refractivity contribution in [1.29, 1.82) is 0 Å². The van der Waals surface area contributed by atoms with E-state index in [1.807, 2.05) is 13.8 Å². The van der Waals surface area contributed by atoms with E-state index in [4.69, 9.17) is 23.0 Å². The zero-order valence-corrected chi connectivity index (χ0v) is 18.4. The molecule has 4 aromatic rings. The van der Waals surface area contributed by atoms with Crippen molar-refractivity contribution in [2.75, 3.05) is 6.61 Å². The molecule has 0 saturated carbocycles. The zero-order chi connectivity index (χ0) is 23.5. The van der Waals surface area contributed by atoms with Gasteiger partial charge in [0.05, 0.1) is 12.0 Å². The SMILES string of the molecule is CCOC(=O)C(CC)Oc1ccc2c(=O)c(Oc3ccc4c(C)cc(=O)oc4c3)coc2c1. The van der Waals surface area contributed by atoms with Crippen molar-refractivity contribution in [3.63, 3.8) is 0 Å². The van der Waals surface area contributed by atoms with Crippen LogP contribution < -0.4 is 20.5 Å². The molecule has 0 saturated heterocycles. The third kappa shape index (κ3) is 4.59. The van der Waals surface area contributed by atoms with Gasteiger partial charge in [-0.15, -0.1) is 0 Å². The Bertz CT molecular complexity index is 1450. The molecule has 1 atom stereocenters. The molecule has 1 unspecified atom stereocenters. The number of benzene rings is 2. The lowest BCUT2D eigenvalue weighted by Gasteiger charge is -2.16. The average Bonchev–Trinajstić information content (AvgIpc) is 2.79. The van der Waals surface area contributed by atoms with Gasteiger partial charge in [0.25, 0.3) is 0 Å². The van der Waals surface area contributed by atoms with Gasteiger partial charge in [0.15, 0.2) is 6.10 Å². The molecular formula is C25H22O8. The first-order valence-corrected chi connectivity index (χ1v) is 10.5. The Morgan fingerprint density at radius 3 is 2.45 bits per heavy atom. The van der Waals surface area contributed by atoms with Crippen molar-refractivity contribution in [2.24, 2.45) is 0 Å². The van der Waals surface area contributed by atoms with Crippen molar-refractivity contribution in [3.8, 4) is 17.2 Å². The minimum atomic E-state index is -0.756. The van der Waals surface area contributed by atoms with Crippen LogP contribution >= 0.6 is 0 Å². The van der Waals surface area contributed by atoms with Gasteiger partial charge in [-0.2, -0.15) is 0 Å². The van der Waals surface area contributed by atoms with E-state index in [0.717, 1.165) is 10.9 Å². The Kier molecular flexibility index (Phi) is 6.17. The molecule has 33 heavy (non-hydrogen) atoms. The highest BCUT2D eigenvalue weighted by Crippen LogP contribution is 2.27. The topological polar surface area (TPSA) is 105 Å². The highest BCUT2D eigenvalue weighted by molar-refractivity contribution is 5.82. The molecule has 0 bridgehead atoms. The number of hydrogen-bond acceptors (Lipinski definition) is 8. The van der Waals surface area contributed by atoms with Gasteiger partial charge in [0.2, 0.25) is 11.2 Å². The Morgan fingerprint density at radius 2 is 1.70 bits per heavy atom. The lowest BCUT2D eigenvalue weighted by molar-refractivity contribution is -0.151. The Hall–Kier alpha value is -4.07. The molecule has 170 valence electrons. The Balaban J connectivity index is 1.61. The quantitative estimate of drug-likeness (QED) is 0.294. The largest absolute Gasteiger partial charge is 0.479 e. The molecule has 2 aromatic carbocycles. The lowest BCUT2D eigenvalue weighted by atomic mass is 10.1. The number of aryl methyl sites for hydroxylation is 1. The van der Waals surface area contributed by atoms with Crippen LogP contribution in [0.4, 0.5) is 0 Å². The fourth-order valence-corrected chi connectivity index (χ4v) is 3.43. The van der Waals surface area contributed by atoms with Crippen molar-refractivity contribution < 1.29 is 27.8 Å². The molecule has 2 aromatic heterocycles. The van der Waals surface area contributed by atoms with Gasteiger partial charge in [-0.1, -0.05) is 6.92 Å². The molecule has 0 fully saturated rings. The number of fused-ring (bicyclic) bond motifs is 2. The number of carbonyl (C=O) groups is 1. The summed E-state index contributed by atoms with van der Waals surface area (Å²) in [6, 6.07) is 11.1. The van der Waals surface area contributed by atoms with Crippen molar-refractivity contribution in [2.45, 2.75) is 33.3 Å². The summed E-state index contributed by atoms with van der Waals surface area (Å²) in [5, 5.41) is 1.06. The van der Waals surface area contributed by atoms with Crippen LogP contribution in [-0.2, 0) is 9.53 Å². The molecular weight excluding hydrogens is 428 g/mol. The van der Waals surface area contributed by atoms with Crippen molar-refractivity contribution in [3.05, 3.63) is 74.9 Å². The molecule has 4 rings (SSSR count). The predicted octanol–water partition coefficient (Wildman–Crippen LogP) is 4.72. The van der Waals surface area contributed by atoms with Gasteiger partial charge in [-0.25, -0.2) is 9.59 Å². The second kappa shape index (κ2) is 9.20. The van der Waals surface area contributed by atoms with Crippen molar-refractivity contribution in [1.82, 2.24) is 0 Å². The first-order valence-electron chi connectivity index (χ1n) is 10.5. The van der Waals surface area contributed by atoms with E-state index in [-0.39, 0.29) is 28.8 Å². The van der Waals surface area contributed by atoms with Crippen LogP contribution in [0.2, 0.25) is 0 Å². The maximum Gasteiger partial charge on any atom is 0.347 e. The van der Waals surface area contributed by atoms with Crippen LogP contribution in [-0.4, -0.2) is 18.7 Å². The Labute approximate surface area is 188 Å². The summed E-state index contributed by atoms with van der Waals surface area (Å²) in [6.07, 6.45) is 0.875. The van der Waals surface area contributed by atoms with Gasteiger partial charge in [0, 0.05) is 23.6 Å². The minimum absolute atomic E-state index is 0.0246. The van der Waals surface area contributed by atoms with Crippen molar-refractivity contribution >= 4 is 27.9 Å². The summed E-state index contributed by atoms with van der Waals surface area (Å²) in [5.74, 6) is 0.220. The number of ether oxygens (including phenoxy) is 3. The van der Waals surface area contributed by atoms with E-state index in [9.17, 15) is 14.4 Å². The maximum absolute atomic E-state index is 12.9. The van der Waals surface area contributed by atoms with Gasteiger partial charge in [0.1, 0.15) is 28.9 Å². The fourth-order valence-electron chi connectivity index (χ4n) is 3.43. The molecule has 0 aliphatic carbocycles. The third-order valence-electron chi connectivity index (χ3n) is 5.06. The predicted molar refractivity (Wildman–Crippen MR) is 121 cm³/mol. The van der Waals surface area contributed by atoms with E-state index in [1.165, 1.54) is 18.4 Å². The first kappa shape index (κ1) is 22.1. The van der Waals surface area contributed by atoms with E-state index < -0.39 is 17.7 Å². The van der Waals surface area contributed by atoms with E-state index >= 15 is 0 Å². The number of rotatable bonds is 7. The molecule has 8 heteroatoms. The van der Waals surface area contributed by atoms with Gasteiger partial charge in [-0.05, 0) is 50.1 Å². The summed E-state index contributed by atoms with van der Waals surface area (Å²) in [5.41, 5.74) is 0.573. The average molecular weight is 450 g/mol. The summed E-state index contributed by atoms with van der Waals surface area (Å²) in [7, 11) is 0. The highest BCUT2D eigenvalue weighted by atomic mass is 16.6. The number of carbonyl (C=O) groups excluding carboxylic acids is 1. The molecule has 0 amide bonds. The summed E-state index contributed by atoms with van der Waals surface area (Å²) >= 11 is 0. The minimum Gasteiger partial charge on any atom is -0.479 e. The maximum atomic E-state index is 12.9. The molecule has 0 aliphatic rings. The third-order valence-corrected chi connectivity index (χ3v) is 5.06. The summed E-state index contributed by atoms with van der Waals surface area (Å²) < 4.78 is 27.2. The molecule has 0 radical (unpaired) electrons. The second-order valence-corrected chi connectivity index (χ2v) is 7.36. The van der Waals surface area contributed by atoms with E-state index in [1.54, 1.807) is 37.3 Å². The molecule has 2 heterocycles. The number of hydrogen-bond donors (Lipinski definition) is 0. The smallest absolute Gasteiger partial charge is 0.347 e. The normalized spacial score (nSPS) is 12.0. The summed E-state index contributed by atoms with van der Waals surface area (Å²) in [4.78, 5) is 36.5. The zero-order valence-electron chi connectivity index (χ0n) is 18.4. The fraction of sp³-hybridized carbons (Fsp3) is 0.240. The van der Waals surface area contributed by atoms with Crippen LogP contribution in [0.15, 0.2) is 67.2 Å². The van der Waals surface area contributed by atoms with E-state index in [2.05, 4.69) is 0 Å². The second-order valence-electron chi connectivity index (χ2n) is 7.36. The van der Waals surface area contributed by atoms with Crippen LogP contribution in [0.5, 0.6) is 17.2 Å². The van der Waals surface area contributed by atoms with Gasteiger partial charge in [-0.3, -0.25) is 4.79 Å². The van der Waals surface area contributed by atoms with Crippen LogP contribution in [0.3, 0.4) is 0 Å². The molecule has 0 aliphatic heterocycles. The van der Waals surface area contributed by atoms with Crippen LogP contribution in [0.25, 0.3) is 21.9 Å². The van der Waals surface area contributed by atoms with Gasteiger partial charge >= 0.3 is 11.6 Å². The molecule has 8 nitrogen and oxygen atoms in total.